The van der Waals surface area contributed by atoms with Gasteiger partial charge in [-0.1, -0.05) is 19.3 Å². The molecular formula is C14H24N2O5. The molecule has 0 aromatic heterocycles. The molecule has 1 saturated heterocycles. The lowest BCUT2D eigenvalue weighted by Gasteiger charge is -2.19. The summed E-state index contributed by atoms with van der Waals surface area (Å²) in [7, 11) is 0. The van der Waals surface area contributed by atoms with Crippen LogP contribution in [-0.4, -0.2) is 36.3 Å². The first-order chi connectivity index (χ1) is 9.78. The van der Waals surface area contributed by atoms with Crippen molar-refractivity contribution in [1.82, 2.24) is 10.6 Å². The van der Waals surface area contributed by atoms with E-state index < -0.39 is 29.8 Å². The van der Waals surface area contributed by atoms with E-state index in [0.717, 1.165) is 25.7 Å². The second-order valence-electron chi connectivity index (χ2n) is 6.04. The van der Waals surface area contributed by atoms with Gasteiger partial charge in [0.05, 0.1) is 0 Å². The van der Waals surface area contributed by atoms with Crippen LogP contribution in [0.4, 0.5) is 9.59 Å². The Balaban J connectivity index is 1.97. The number of carbonyl (C=O) groups is 3. The molecule has 1 fully saturated rings. The smallest absolute Gasteiger partial charge is 0.415 e. The Kier molecular flexibility index (Phi) is 6.45. The number of hydrogen-bond donors (Lipinski definition) is 2. The Morgan fingerprint density at radius 2 is 1.90 bits per heavy atom. The van der Waals surface area contributed by atoms with Crippen LogP contribution in [0, 0.1) is 0 Å². The SMILES string of the molecule is CC(C)(C)OC(=O)NCCCCCC[C@@H]1NC(=O)OC1=O. The van der Waals surface area contributed by atoms with Crippen molar-refractivity contribution in [3.63, 3.8) is 0 Å². The molecule has 120 valence electrons. The zero-order chi connectivity index (χ0) is 15.9. The lowest BCUT2D eigenvalue weighted by molar-refractivity contribution is -0.135. The minimum absolute atomic E-state index is 0.404. The van der Waals surface area contributed by atoms with Gasteiger partial charge in [0, 0.05) is 6.54 Å². The third-order valence-electron chi connectivity index (χ3n) is 2.86. The highest BCUT2D eigenvalue weighted by atomic mass is 16.6. The van der Waals surface area contributed by atoms with Gasteiger partial charge in [-0.05, 0) is 33.6 Å². The van der Waals surface area contributed by atoms with Gasteiger partial charge >= 0.3 is 18.2 Å². The zero-order valence-corrected chi connectivity index (χ0v) is 12.9. The van der Waals surface area contributed by atoms with Crippen molar-refractivity contribution in [3.8, 4) is 0 Å². The van der Waals surface area contributed by atoms with Crippen LogP contribution >= 0.6 is 0 Å². The Bertz CT molecular complexity index is 389. The maximum Gasteiger partial charge on any atom is 0.415 e. The first kappa shape index (κ1) is 17.3. The van der Waals surface area contributed by atoms with Crippen molar-refractivity contribution in [2.24, 2.45) is 0 Å². The average molecular weight is 300 g/mol. The fraction of sp³-hybridized carbons (Fsp3) is 0.786. The fourth-order valence-corrected chi connectivity index (χ4v) is 1.91. The number of esters is 1. The largest absolute Gasteiger partial charge is 0.444 e. The van der Waals surface area contributed by atoms with Gasteiger partial charge in [-0.2, -0.15) is 0 Å². The van der Waals surface area contributed by atoms with Gasteiger partial charge < -0.3 is 20.1 Å². The first-order valence-corrected chi connectivity index (χ1v) is 7.27. The number of nitrogens with one attached hydrogen (secondary N) is 2. The standard InChI is InChI=1S/C14H24N2O5/c1-14(2,3)21-12(18)15-9-7-5-4-6-8-10-11(17)20-13(19)16-10/h10H,4-9H2,1-3H3,(H,15,18)(H,16,19)/t10-/m0/s1. The van der Waals surface area contributed by atoms with Crippen molar-refractivity contribution in [1.29, 1.82) is 0 Å². The number of unbranched alkanes of at least 4 members (excludes halogenated alkanes) is 3. The molecule has 0 saturated carbocycles. The van der Waals surface area contributed by atoms with Gasteiger partial charge in [0.2, 0.25) is 0 Å². The van der Waals surface area contributed by atoms with E-state index in [4.69, 9.17) is 4.74 Å². The molecule has 7 nitrogen and oxygen atoms in total. The molecule has 0 unspecified atom stereocenters. The fourth-order valence-electron chi connectivity index (χ4n) is 1.91. The van der Waals surface area contributed by atoms with Crippen LogP contribution in [0.25, 0.3) is 0 Å². The molecule has 0 aromatic rings. The summed E-state index contributed by atoms with van der Waals surface area (Å²) in [5, 5.41) is 5.15. The molecular weight excluding hydrogens is 276 g/mol. The van der Waals surface area contributed by atoms with E-state index in [1.807, 2.05) is 20.8 Å². The minimum atomic E-state index is -0.661. The second kappa shape index (κ2) is 7.85. The summed E-state index contributed by atoms with van der Waals surface area (Å²) in [5.41, 5.74) is -0.482. The molecule has 21 heavy (non-hydrogen) atoms. The molecule has 1 aliphatic rings. The molecule has 2 amide bonds. The Hall–Kier alpha value is -1.79. The molecule has 0 aromatic carbocycles. The number of rotatable bonds is 7. The molecule has 1 rings (SSSR count). The maximum absolute atomic E-state index is 11.4. The molecule has 0 bridgehead atoms. The summed E-state index contributed by atoms with van der Waals surface area (Å²) in [4.78, 5) is 33.3. The number of amides is 2. The number of carbonyl (C=O) groups excluding carboxylic acids is 3. The highest BCUT2D eigenvalue weighted by Gasteiger charge is 2.31. The van der Waals surface area contributed by atoms with Gasteiger partial charge in [0.15, 0.2) is 0 Å². The number of hydrogen-bond acceptors (Lipinski definition) is 5. The van der Waals surface area contributed by atoms with Crippen LogP contribution in [0.1, 0.15) is 52.9 Å². The topological polar surface area (TPSA) is 93.7 Å². The summed E-state index contributed by atoms with van der Waals surface area (Å²) < 4.78 is 9.50. The second-order valence-corrected chi connectivity index (χ2v) is 6.04. The van der Waals surface area contributed by atoms with Gasteiger partial charge in [-0.15, -0.1) is 0 Å². The first-order valence-electron chi connectivity index (χ1n) is 7.27. The Morgan fingerprint density at radius 3 is 2.48 bits per heavy atom. The molecule has 0 aliphatic carbocycles. The van der Waals surface area contributed by atoms with Crippen molar-refractivity contribution < 1.29 is 23.9 Å². The van der Waals surface area contributed by atoms with Crippen LogP contribution in [0.15, 0.2) is 0 Å². The van der Waals surface area contributed by atoms with E-state index in [9.17, 15) is 14.4 Å². The van der Waals surface area contributed by atoms with E-state index in [-0.39, 0.29) is 0 Å². The summed E-state index contributed by atoms with van der Waals surface area (Å²) in [6, 6.07) is -0.502. The average Bonchev–Trinajstić information content (AvgIpc) is 2.64. The normalized spacial score (nSPS) is 18.1. The minimum Gasteiger partial charge on any atom is -0.444 e. The van der Waals surface area contributed by atoms with Crippen LogP contribution in [0.5, 0.6) is 0 Å². The number of cyclic esters (lactones) is 2. The van der Waals surface area contributed by atoms with Gasteiger partial charge in [-0.25, -0.2) is 14.4 Å². The van der Waals surface area contributed by atoms with Crippen LogP contribution in [0.2, 0.25) is 0 Å². The van der Waals surface area contributed by atoms with Crippen LogP contribution in [-0.2, 0) is 14.3 Å². The molecule has 0 radical (unpaired) electrons. The third-order valence-corrected chi connectivity index (χ3v) is 2.86. The van der Waals surface area contributed by atoms with E-state index in [1.165, 1.54) is 0 Å². The summed E-state index contributed by atoms with van der Waals surface area (Å²) in [6.45, 7) is 6.02. The quantitative estimate of drug-likeness (QED) is 0.426. The van der Waals surface area contributed by atoms with E-state index in [1.54, 1.807) is 0 Å². The highest BCUT2D eigenvalue weighted by molar-refractivity contribution is 5.95. The predicted molar refractivity (Wildman–Crippen MR) is 75.7 cm³/mol. The molecule has 7 heteroatoms. The van der Waals surface area contributed by atoms with Crippen molar-refractivity contribution in [2.45, 2.75) is 64.5 Å². The molecule has 1 aliphatic heterocycles. The van der Waals surface area contributed by atoms with E-state index in [0.29, 0.717) is 13.0 Å². The summed E-state index contributed by atoms with van der Waals surface area (Å²) >= 11 is 0. The van der Waals surface area contributed by atoms with E-state index in [2.05, 4.69) is 15.4 Å². The Labute approximate surface area is 124 Å². The van der Waals surface area contributed by atoms with Crippen LogP contribution in [0.3, 0.4) is 0 Å². The third kappa shape index (κ3) is 7.53. The molecule has 2 N–H and O–H groups in total. The molecule has 0 spiro atoms. The number of alkyl carbamates (subject to hydrolysis) is 2. The van der Waals surface area contributed by atoms with E-state index >= 15 is 0 Å². The lowest BCUT2D eigenvalue weighted by atomic mass is 10.1. The predicted octanol–water partition coefficient (Wildman–Crippen LogP) is 2.10. The number of ether oxygens (including phenoxy) is 2. The molecule has 1 heterocycles. The van der Waals surface area contributed by atoms with Crippen LogP contribution < -0.4 is 10.6 Å². The summed E-state index contributed by atoms with van der Waals surface area (Å²) in [6.07, 6.45) is 3.06. The zero-order valence-electron chi connectivity index (χ0n) is 12.9. The molecule has 1 atom stereocenters. The van der Waals surface area contributed by atoms with Gasteiger partial charge in [-0.3, -0.25) is 0 Å². The van der Waals surface area contributed by atoms with Crippen molar-refractivity contribution >= 4 is 18.2 Å². The van der Waals surface area contributed by atoms with Gasteiger partial charge in [0.1, 0.15) is 11.6 Å². The van der Waals surface area contributed by atoms with Gasteiger partial charge in [0.25, 0.3) is 0 Å². The Morgan fingerprint density at radius 1 is 1.24 bits per heavy atom. The monoisotopic (exact) mass is 300 g/mol. The van der Waals surface area contributed by atoms with Crippen molar-refractivity contribution in [3.05, 3.63) is 0 Å². The summed E-state index contributed by atoms with van der Waals surface area (Å²) in [5.74, 6) is -0.494. The maximum atomic E-state index is 11.4. The lowest BCUT2D eigenvalue weighted by Crippen LogP contribution is -2.33. The van der Waals surface area contributed by atoms with Crippen molar-refractivity contribution in [2.75, 3.05) is 6.54 Å². The highest BCUT2D eigenvalue weighted by Crippen LogP contribution is 2.11.